The van der Waals surface area contributed by atoms with Crippen LogP contribution in [-0.2, 0) is 4.79 Å². The Labute approximate surface area is 60.7 Å². The van der Waals surface area contributed by atoms with Crippen LogP contribution in [0.5, 0.6) is 0 Å². The molecule has 0 atom stereocenters. The molecular formula is C7H13NO2. The first-order chi connectivity index (χ1) is 4.85. The molecular weight excluding hydrogens is 130 g/mol. The second-order valence-electron chi connectivity index (χ2n) is 2.17. The number of carbonyl (C=O) groups is 1. The number of aldehydes is 1. The highest BCUT2D eigenvalue weighted by Crippen LogP contribution is 1.98. The third kappa shape index (κ3) is 4.06. The summed E-state index contributed by atoms with van der Waals surface area (Å²) in [6.07, 6.45) is 4.29. The van der Waals surface area contributed by atoms with Crippen molar-refractivity contribution in [2.24, 2.45) is 5.16 Å². The van der Waals surface area contributed by atoms with Gasteiger partial charge >= 0.3 is 0 Å². The fraction of sp³-hybridized carbons (Fsp3) is 0.714. The third-order valence-electron chi connectivity index (χ3n) is 1.30. The summed E-state index contributed by atoms with van der Waals surface area (Å²) in [6, 6.07) is 0. The number of nitrogens with zero attached hydrogens (tertiary/aromatic N) is 1. The molecule has 1 N–H and O–H groups in total. The molecule has 0 radical (unpaired) electrons. The molecule has 0 fully saturated rings. The van der Waals surface area contributed by atoms with Crippen LogP contribution < -0.4 is 0 Å². The molecule has 0 aliphatic heterocycles. The first-order valence-corrected chi connectivity index (χ1v) is 3.51. The van der Waals surface area contributed by atoms with E-state index in [2.05, 4.69) is 12.1 Å². The standard InChI is InChI=1S/C7H13NO2/c1-2-3-4-5-7(6-9)8-10/h6,10H,2-5H2,1H3. The van der Waals surface area contributed by atoms with Crippen LogP contribution >= 0.6 is 0 Å². The van der Waals surface area contributed by atoms with Crippen molar-refractivity contribution in [2.75, 3.05) is 0 Å². The van der Waals surface area contributed by atoms with Crippen LogP contribution in [0.2, 0.25) is 0 Å². The molecule has 0 amide bonds. The van der Waals surface area contributed by atoms with Crippen LogP contribution in [0.4, 0.5) is 0 Å². The zero-order valence-corrected chi connectivity index (χ0v) is 6.21. The number of hydrogen-bond donors (Lipinski definition) is 1. The minimum Gasteiger partial charge on any atom is -0.411 e. The maximum Gasteiger partial charge on any atom is 0.167 e. The Morgan fingerprint density at radius 2 is 2.30 bits per heavy atom. The minimum absolute atomic E-state index is 0.244. The zero-order valence-electron chi connectivity index (χ0n) is 6.21. The highest BCUT2D eigenvalue weighted by Gasteiger charge is 1.95. The minimum atomic E-state index is 0.244. The maximum atomic E-state index is 10.0. The van der Waals surface area contributed by atoms with Gasteiger partial charge in [0.25, 0.3) is 0 Å². The zero-order chi connectivity index (χ0) is 7.82. The molecule has 0 heterocycles. The molecule has 0 aromatic carbocycles. The first kappa shape index (κ1) is 9.14. The van der Waals surface area contributed by atoms with Gasteiger partial charge in [-0.1, -0.05) is 24.9 Å². The second kappa shape index (κ2) is 6.26. The summed E-state index contributed by atoms with van der Waals surface area (Å²) in [6.45, 7) is 2.08. The van der Waals surface area contributed by atoms with Crippen molar-refractivity contribution in [3.05, 3.63) is 0 Å². The van der Waals surface area contributed by atoms with Gasteiger partial charge in [-0.2, -0.15) is 0 Å². The summed E-state index contributed by atoms with van der Waals surface area (Å²) in [5, 5.41) is 11.0. The van der Waals surface area contributed by atoms with E-state index in [1.807, 2.05) is 0 Å². The second-order valence-corrected chi connectivity index (χ2v) is 2.17. The smallest absolute Gasteiger partial charge is 0.167 e. The lowest BCUT2D eigenvalue weighted by molar-refractivity contribution is -0.102. The molecule has 0 saturated heterocycles. The molecule has 10 heavy (non-hydrogen) atoms. The van der Waals surface area contributed by atoms with E-state index in [-0.39, 0.29) is 5.71 Å². The van der Waals surface area contributed by atoms with Crippen molar-refractivity contribution in [2.45, 2.75) is 32.6 Å². The largest absolute Gasteiger partial charge is 0.411 e. The number of carbonyl (C=O) groups excluding carboxylic acids is 1. The number of hydrogen-bond acceptors (Lipinski definition) is 3. The van der Waals surface area contributed by atoms with Gasteiger partial charge in [0.05, 0.1) is 0 Å². The summed E-state index contributed by atoms with van der Waals surface area (Å²) in [7, 11) is 0. The highest BCUT2D eigenvalue weighted by atomic mass is 16.4. The Bertz CT molecular complexity index is 121. The van der Waals surface area contributed by atoms with E-state index in [0.29, 0.717) is 12.7 Å². The van der Waals surface area contributed by atoms with E-state index in [1.54, 1.807) is 0 Å². The first-order valence-electron chi connectivity index (χ1n) is 3.51. The molecule has 0 aromatic rings. The lowest BCUT2D eigenvalue weighted by atomic mass is 10.1. The molecule has 0 aromatic heterocycles. The van der Waals surface area contributed by atoms with Gasteiger partial charge in [-0.25, -0.2) is 0 Å². The average Bonchev–Trinajstić information content (AvgIpc) is 1.99. The summed E-state index contributed by atoms with van der Waals surface area (Å²) in [5.41, 5.74) is 0.244. The van der Waals surface area contributed by atoms with Gasteiger partial charge in [0.1, 0.15) is 5.71 Å². The van der Waals surface area contributed by atoms with E-state index in [1.165, 1.54) is 0 Å². The lowest BCUT2D eigenvalue weighted by Crippen LogP contribution is -1.98. The maximum absolute atomic E-state index is 10.0. The van der Waals surface area contributed by atoms with E-state index < -0.39 is 0 Å². The van der Waals surface area contributed by atoms with Gasteiger partial charge in [-0.3, -0.25) is 4.79 Å². The number of rotatable bonds is 5. The molecule has 3 nitrogen and oxygen atoms in total. The molecule has 58 valence electrons. The molecule has 0 rings (SSSR count). The van der Waals surface area contributed by atoms with Crippen molar-refractivity contribution in [1.29, 1.82) is 0 Å². The van der Waals surface area contributed by atoms with E-state index in [4.69, 9.17) is 5.21 Å². The van der Waals surface area contributed by atoms with Crippen LogP contribution in [0.25, 0.3) is 0 Å². The van der Waals surface area contributed by atoms with Gasteiger partial charge in [-0.15, -0.1) is 0 Å². The Balaban J connectivity index is 3.36. The van der Waals surface area contributed by atoms with Gasteiger partial charge in [0.15, 0.2) is 6.29 Å². The number of unbranched alkanes of at least 4 members (excludes halogenated alkanes) is 2. The summed E-state index contributed by atoms with van der Waals surface area (Å²) in [4.78, 5) is 10.0. The predicted molar refractivity (Wildman–Crippen MR) is 39.4 cm³/mol. The van der Waals surface area contributed by atoms with Crippen LogP contribution in [-0.4, -0.2) is 17.2 Å². The van der Waals surface area contributed by atoms with Crippen LogP contribution in [0.1, 0.15) is 32.6 Å². The predicted octanol–water partition coefficient (Wildman–Crippen LogP) is 1.60. The van der Waals surface area contributed by atoms with Crippen molar-refractivity contribution >= 4 is 12.0 Å². The Morgan fingerprint density at radius 1 is 1.60 bits per heavy atom. The fourth-order valence-electron chi connectivity index (χ4n) is 0.689. The molecule has 0 saturated carbocycles. The monoisotopic (exact) mass is 143 g/mol. The molecule has 0 spiro atoms. The van der Waals surface area contributed by atoms with Crippen LogP contribution in [0.3, 0.4) is 0 Å². The quantitative estimate of drug-likeness (QED) is 0.209. The molecule has 0 bridgehead atoms. The molecule has 3 heteroatoms. The highest BCUT2D eigenvalue weighted by molar-refractivity contribution is 6.27. The molecule has 0 unspecified atom stereocenters. The summed E-state index contributed by atoms with van der Waals surface area (Å²) >= 11 is 0. The number of oxime groups is 1. The fourth-order valence-corrected chi connectivity index (χ4v) is 0.689. The van der Waals surface area contributed by atoms with Gasteiger partial charge in [0, 0.05) is 0 Å². The Morgan fingerprint density at radius 3 is 2.70 bits per heavy atom. The Kier molecular flexibility index (Phi) is 5.72. The third-order valence-corrected chi connectivity index (χ3v) is 1.30. The lowest BCUT2D eigenvalue weighted by Gasteiger charge is -1.93. The Hall–Kier alpha value is -0.860. The van der Waals surface area contributed by atoms with Gasteiger partial charge in [-0.05, 0) is 12.8 Å². The van der Waals surface area contributed by atoms with Gasteiger partial charge < -0.3 is 5.21 Å². The normalized spacial score (nSPS) is 11.5. The topological polar surface area (TPSA) is 49.7 Å². The summed E-state index contributed by atoms with van der Waals surface area (Å²) in [5.74, 6) is 0. The molecule has 0 aliphatic rings. The summed E-state index contributed by atoms with van der Waals surface area (Å²) < 4.78 is 0. The van der Waals surface area contributed by atoms with Gasteiger partial charge in [0.2, 0.25) is 0 Å². The SMILES string of the molecule is CCCCCC(C=O)=NO. The van der Waals surface area contributed by atoms with Crippen LogP contribution in [0, 0.1) is 0 Å². The van der Waals surface area contributed by atoms with Crippen LogP contribution in [0.15, 0.2) is 5.16 Å². The van der Waals surface area contributed by atoms with E-state index in [0.717, 1.165) is 19.3 Å². The van der Waals surface area contributed by atoms with E-state index in [9.17, 15) is 4.79 Å². The average molecular weight is 143 g/mol. The van der Waals surface area contributed by atoms with Crippen molar-refractivity contribution in [3.63, 3.8) is 0 Å². The van der Waals surface area contributed by atoms with Crippen molar-refractivity contribution in [1.82, 2.24) is 0 Å². The molecule has 0 aliphatic carbocycles. The van der Waals surface area contributed by atoms with E-state index >= 15 is 0 Å². The van der Waals surface area contributed by atoms with Crippen molar-refractivity contribution < 1.29 is 10.0 Å². The van der Waals surface area contributed by atoms with Crippen molar-refractivity contribution in [3.8, 4) is 0 Å².